The molecule has 160 valence electrons. The SMILES string of the molecule is CN(CCCc1cc(-c2ccccc2)no1)C(=O)CS(=O)(=O)Cc1ccc(C#N)cc1. The number of hydrogen-bond acceptors (Lipinski definition) is 6. The van der Waals surface area contributed by atoms with E-state index >= 15 is 0 Å². The third kappa shape index (κ3) is 6.52. The van der Waals surface area contributed by atoms with Gasteiger partial charge in [0, 0.05) is 31.6 Å². The lowest BCUT2D eigenvalue weighted by Gasteiger charge is -2.16. The zero-order chi connectivity index (χ0) is 22.3. The lowest BCUT2D eigenvalue weighted by atomic mass is 10.1. The first-order chi connectivity index (χ1) is 14.9. The first kappa shape index (κ1) is 22.2. The summed E-state index contributed by atoms with van der Waals surface area (Å²) in [5, 5.41) is 12.9. The fourth-order valence-corrected chi connectivity index (χ4v) is 4.47. The van der Waals surface area contributed by atoms with Crippen LogP contribution < -0.4 is 0 Å². The van der Waals surface area contributed by atoms with Gasteiger partial charge in [0.05, 0.1) is 17.4 Å². The van der Waals surface area contributed by atoms with E-state index < -0.39 is 21.5 Å². The number of sulfone groups is 1. The highest BCUT2D eigenvalue weighted by molar-refractivity contribution is 7.91. The molecule has 0 fully saturated rings. The Morgan fingerprint density at radius 2 is 1.84 bits per heavy atom. The number of aromatic nitrogens is 1. The van der Waals surface area contributed by atoms with Crippen LogP contribution in [0.3, 0.4) is 0 Å². The van der Waals surface area contributed by atoms with E-state index in [0.717, 1.165) is 11.3 Å². The molecule has 0 aliphatic heterocycles. The lowest BCUT2D eigenvalue weighted by molar-refractivity contribution is -0.127. The number of carbonyl (C=O) groups excluding carboxylic acids is 1. The van der Waals surface area contributed by atoms with Crippen molar-refractivity contribution in [2.75, 3.05) is 19.3 Å². The summed E-state index contributed by atoms with van der Waals surface area (Å²) < 4.78 is 30.1. The van der Waals surface area contributed by atoms with Gasteiger partial charge in [-0.1, -0.05) is 47.6 Å². The Morgan fingerprint density at radius 1 is 1.13 bits per heavy atom. The van der Waals surface area contributed by atoms with E-state index in [2.05, 4.69) is 5.16 Å². The van der Waals surface area contributed by atoms with Gasteiger partial charge < -0.3 is 9.42 Å². The quantitative estimate of drug-likeness (QED) is 0.509. The maximum atomic E-state index is 12.4. The maximum absolute atomic E-state index is 12.4. The summed E-state index contributed by atoms with van der Waals surface area (Å²) in [6.07, 6.45) is 1.22. The van der Waals surface area contributed by atoms with Crippen LogP contribution in [0.4, 0.5) is 0 Å². The zero-order valence-electron chi connectivity index (χ0n) is 17.2. The van der Waals surface area contributed by atoms with Crippen LogP contribution in [-0.4, -0.2) is 43.7 Å². The average molecular weight is 438 g/mol. The van der Waals surface area contributed by atoms with Crippen molar-refractivity contribution in [1.82, 2.24) is 10.1 Å². The Hall–Kier alpha value is -3.44. The minimum absolute atomic E-state index is 0.237. The van der Waals surface area contributed by atoms with Gasteiger partial charge >= 0.3 is 0 Å². The Morgan fingerprint density at radius 3 is 2.52 bits per heavy atom. The third-order valence-corrected chi connectivity index (χ3v) is 6.24. The topological polar surface area (TPSA) is 104 Å². The van der Waals surface area contributed by atoms with Crippen molar-refractivity contribution in [2.24, 2.45) is 0 Å². The van der Waals surface area contributed by atoms with Crippen LogP contribution in [0.15, 0.2) is 65.2 Å². The van der Waals surface area contributed by atoms with E-state index in [1.165, 1.54) is 4.90 Å². The molecule has 0 aliphatic carbocycles. The van der Waals surface area contributed by atoms with Gasteiger partial charge in [-0.15, -0.1) is 0 Å². The molecule has 0 spiro atoms. The molecule has 0 N–H and O–H groups in total. The lowest BCUT2D eigenvalue weighted by Crippen LogP contribution is -2.33. The van der Waals surface area contributed by atoms with Gasteiger partial charge in [0.1, 0.15) is 17.2 Å². The normalized spacial score (nSPS) is 11.1. The number of hydrogen-bond donors (Lipinski definition) is 0. The van der Waals surface area contributed by atoms with Gasteiger partial charge in [0.25, 0.3) is 0 Å². The minimum atomic E-state index is -3.61. The monoisotopic (exact) mass is 437 g/mol. The molecule has 0 radical (unpaired) electrons. The van der Waals surface area contributed by atoms with Crippen LogP contribution in [-0.2, 0) is 26.8 Å². The molecule has 3 aromatic rings. The summed E-state index contributed by atoms with van der Waals surface area (Å²) in [5.41, 5.74) is 2.74. The number of aryl methyl sites for hydroxylation is 1. The smallest absolute Gasteiger partial charge is 0.237 e. The molecule has 0 saturated heterocycles. The summed E-state index contributed by atoms with van der Waals surface area (Å²) in [6.45, 7) is 0.409. The van der Waals surface area contributed by atoms with Gasteiger partial charge in [-0.3, -0.25) is 4.79 Å². The second-order valence-corrected chi connectivity index (χ2v) is 9.37. The Balaban J connectivity index is 1.46. The second kappa shape index (κ2) is 10.0. The molecule has 1 amide bonds. The molecular weight excluding hydrogens is 414 g/mol. The van der Waals surface area contributed by atoms with Crippen LogP contribution >= 0.6 is 0 Å². The molecule has 2 aromatic carbocycles. The summed E-state index contributed by atoms with van der Waals surface area (Å²) in [4.78, 5) is 13.8. The van der Waals surface area contributed by atoms with Crippen molar-refractivity contribution in [3.63, 3.8) is 0 Å². The molecule has 3 rings (SSSR count). The summed E-state index contributed by atoms with van der Waals surface area (Å²) >= 11 is 0. The minimum Gasteiger partial charge on any atom is -0.361 e. The highest BCUT2D eigenvalue weighted by Gasteiger charge is 2.20. The summed E-state index contributed by atoms with van der Waals surface area (Å²) in [6, 6.07) is 19.9. The fraction of sp³-hybridized carbons (Fsp3) is 0.261. The predicted molar refractivity (Wildman–Crippen MR) is 117 cm³/mol. The molecule has 1 aromatic heterocycles. The molecule has 0 unspecified atom stereocenters. The van der Waals surface area contributed by atoms with E-state index in [0.29, 0.717) is 36.3 Å². The van der Waals surface area contributed by atoms with E-state index in [1.54, 1.807) is 31.3 Å². The van der Waals surface area contributed by atoms with Crippen molar-refractivity contribution >= 4 is 15.7 Å². The zero-order valence-corrected chi connectivity index (χ0v) is 18.0. The highest BCUT2D eigenvalue weighted by atomic mass is 32.2. The van der Waals surface area contributed by atoms with Gasteiger partial charge in [-0.2, -0.15) is 5.26 Å². The van der Waals surface area contributed by atoms with Crippen LogP contribution in [0.25, 0.3) is 11.3 Å². The van der Waals surface area contributed by atoms with Gasteiger partial charge in [0.2, 0.25) is 5.91 Å². The van der Waals surface area contributed by atoms with Gasteiger partial charge in [-0.25, -0.2) is 8.42 Å². The van der Waals surface area contributed by atoms with Gasteiger partial charge in [0.15, 0.2) is 9.84 Å². The molecule has 0 saturated carbocycles. The predicted octanol–water partition coefficient (Wildman–Crippen LogP) is 3.22. The molecule has 1 heterocycles. The average Bonchev–Trinajstić information content (AvgIpc) is 3.23. The molecule has 31 heavy (non-hydrogen) atoms. The summed E-state index contributed by atoms with van der Waals surface area (Å²) in [7, 11) is -2.01. The van der Waals surface area contributed by atoms with Crippen molar-refractivity contribution in [3.05, 3.63) is 77.6 Å². The van der Waals surface area contributed by atoms with E-state index in [9.17, 15) is 13.2 Å². The Bertz CT molecular complexity index is 1160. The maximum Gasteiger partial charge on any atom is 0.237 e. The van der Waals surface area contributed by atoms with Crippen molar-refractivity contribution < 1.29 is 17.7 Å². The largest absolute Gasteiger partial charge is 0.361 e. The van der Waals surface area contributed by atoms with Crippen LogP contribution in [0.2, 0.25) is 0 Å². The first-order valence-corrected chi connectivity index (χ1v) is 11.6. The van der Waals surface area contributed by atoms with E-state index in [1.807, 2.05) is 42.5 Å². The van der Waals surface area contributed by atoms with Crippen LogP contribution in [0, 0.1) is 11.3 Å². The van der Waals surface area contributed by atoms with E-state index in [4.69, 9.17) is 9.78 Å². The Kier molecular flexibility index (Phi) is 7.21. The number of carbonyl (C=O) groups is 1. The van der Waals surface area contributed by atoms with Gasteiger partial charge in [-0.05, 0) is 24.1 Å². The first-order valence-electron chi connectivity index (χ1n) is 9.81. The van der Waals surface area contributed by atoms with Crippen LogP contribution in [0.1, 0.15) is 23.3 Å². The number of rotatable bonds is 9. The summed E-state index contributed by atoms with van der Waals surface area (Å²) in [5.74, 6) is -0.521. The molecule has 0 aliphatic rings. The fourth-order valence-electron chi connectivity index (χ4n) is 3.07. The third-order valence-electron chi connectivity index (χ3n) is 4.78. The molecule has 7 nitrogen and oxygen atoms in total. The molecule has 0 atom stereocenters. The standard InChI is InChI=1S/C23H23N3O4S/c1-26(13-5-8-21-14-22(25-30-21)20-6-3-2-4-7-20)23(27)17-31(28,29)16-19-11-9-18(15-24)10-12-19/h2-4,6-7,9-12,14H,5,8,13,16-17H2,1H3. The van der Waals surface area contributed by atoms with Crippen molar-refractivity contribution in [1.29, 1.82) is 5.26 Å². The number of nitriles is 1. The van der Waals surface area contributed by atoms with Crippen molar-refractivity contribution in [2.45, 2.75) is 18.6 Å². The number of benzene rings is 2. The Labute approximate surface area is 181 Å². The van der Waals surface area contributed by atoms with E-state index in [-0.39, 0.29) is 5.75 Å². The highest BCUT2D eigenvalue weighted by Crippen LogP contribution is 2.19. The van der Waals surface area contributed by atoms with Crippen LogP contribution in [0.5, 0.6) is 0 Å². The molecular formula is C23H23N3O4S. The number of nitrogens with zero attached hydrogens (tertiary/aromatic N) is 3. The number of amides is 1. The van der Waals surface area contributed by atoms with Crippen molar-refractivity contribution in [3.8, 4) is 17.3 Å². The molecule has 8 heteroatoms. The molecule has 0 bridgehead atoms. The second-order valence-electron chi connectivity index (χ2n) is 7.30.